The highest BCUT2D eigenvalue weighted by Gasteiger charge is 2.35. The molecular weight excluding hydrogens is 288 g/mol. The van der Waals surface area contributed by atoms with E-state index in [1.54, 1.807) is 11.1 Å². The highest BCUT2D eigenvalue weighted by molar-refractivity contribution is 8.13. The topological polar surface area (TPSA) is 67.3 Å². The van der Waals surface area contributed by atoms with Crippen molar-refractivity contribution in [3.63, 3.8) is 0 Å². The molecule has 1 aliphatic heterocycles. The predicted molar refractivity (Wildman–Crippen MR) is 72.1 cm³/mol. The zero-order chi connectivity index (χ0) is 14.0. The molecule has 1 aromatic rings. The van der Waals surface area contributed by atoms with Crippen molar-refractivity contribution in [2.45, 2.75) is 19.4 Å². The van der Waals surface area contributed by atoms with E-state index in [1.807, 2.05) is 25.1 Å². The van der Waals surface area contributed by atoms with Crippen LogP contribution in [0.25, 0.3) is 0 Å². The van der Waals surface area contributed by atoms with E-state index in [-0.39, 0.29) is 30.0 Å². The van der Waals surface area contributed by atoms with Gasteiger partial charge in [0.2, 0.25) is 15.0 Å². The van der Waals surface area contributed by atoms with E-state index in [1.165, 1.54) is 0 Å². The summed E-state index contributed by atoms with van der Waals surface area (Å²) in [5, 5.41) is 0. The smallest absolute Gasteiger partial charge is 0.232 e. The summed E-state index contributed by atoms with van der Waals surface area (Å²) in [4.78, 5) is 17.8. The van der Waals surface area contributed by atoms with Crippen molar-refractivity contribution in [2.75, 3.05) is 12.3 Å². The van der Waals surface area contributed by atoms with Gasteiger partial charge in [-0.15, -0.1) is 0 Å². The van der Waals surface area contributed by atoms with Crippen LogP contribution in [0.15, 0.2) is 24.4 Å². The lowest BCUT2D eigenvalue weighted by Crippen LogP contribution is -2.29. The average molecular weight is 303 g/mol. The van der Waals surface area contributed by atoms with Crippen LogP contribution in [0.1, 0.15) is 25.1 Å². The Morgan fingerprint density at radius 3 is 2.84 bits per heavy atom. The van der Waals surface area contributed by atoms with Crippen LogP contribution in [-0.4, -0.2) is 36.5 Å². The molecule has 104 valence electrons. The first kappa shape index (κ1) is 14.3. The van der Waals surface area contributed by atoms with Gasteiger partial charge in [-0.05, 0) is 19.1 Å². The fourth-order valence-electron chi connectivity index (χ4n) is 2.36. The molecule has 2 rings (SSSR count). The Morgan fingerprint density at radius 1 is 1.53 bits per heavy atom. The van der Waals surface area contributed by atoms with Gasteiger partial charge < -0.3 is 4.90 Å². The molecular formula is C12H15ClN2O3S. The van der Waals surface area contributed by atoms with Crippen LogP contribution in [0.4, 0.5) is 0 Å². The molecule has 2 heterocycles. The predicted octanol–water partition coefficient (Wildman–Crippen LogP) is 1.56. The van der Waals surface area contributed by atoms with Gasteiger partial charge in [-0.25, -0.2) is 8.42 Å². The van der Waals surface area contributed by atoms with Gasteiger partial charge in [0.05, 0.1) is 17.5 Å². The molecule has 5 nitrogen and oxygen atoms in total. The number of likely N-dealkylation sites (tertiary alicyclic amines) is 1. The minimum Gasteiger partial charge on any atom is -0.334 e. The fraction of sp³-hybridized carbons (Fsp3) is 0.500. The number of pyridine rings is 1. The van der Waals surface area contributed by atoms with Crippen LogP contribution >= 0.6 is 10.7 Å². The molecule has 0 aromatic carbocycles. The first-order valence-corrected chi connectivity index (χ1v) is 8.47. The van der Waals surface area contributed by atoms with Gasteiger partial charge in [-0.2, -0.15) is 0 Å². The number of halogens is 1. The highest BCUT2D eigenvalue weighted by Crippen LogP contribution is 2.28. The summed E-state index contributed by atoms with van der Waals surface area (Å²) in [5.74, 6) is -0.448. The molecule has 2 unspecified atom stereocenters. The molecule has 0 saturated carbocycles. The molecule has 1 aromatic heterocycles. The Hall–Kier alpha value is -1.14. The Kier molecular flexibility index (Phi) is 4.10. The number of amides is 1. The Morgan fingerprint density at radius 2 is 2.26 bits per heavy atom. The number of carbonyl (C=O) groups is 1. The summed E-state index contributed by atoms with van der Waals surface area (Å²) in [6.07, 6.45) is 1.90. The van der Waals surface area contributed by atoms with Crippen molar-refractivity contribution in [2.24, 2.45) is 5.92 Å². The first-order valence-electron chi connectivity index (χ1n) is 5.99. The SMILES string of the molecule is CC(c1ccccn1)N1CC(CS(=O)(=O)Cl)CC1=O. The number of nitrogens with zero attached hydrogens (tertiary/aromatic N) is 2. The maximum absolute atomic E-state index is 11.9. The van der Waals surface area contributed by atoms with E-state index in [4.69, 9.17) is 10.7 Å². The van der Waals surface area contributed by atoms with Gasteiger partial charge in [-0.1, -0.05) is 6.07 Å². The van der Waals surface area contributed by atoms with Gasteiger partial charge >= 0.3 is 0 Å². The molecule has 1 fully saturated rings. The molecule has 2 atom stereocenters. The zero-order valence-electron chi connectivity index (χ0n) is 10.5. The largest absolute Gasteiger partial charge is 0.334 e. The molecule has 0 spiro atoms. The van der Waals surface area contributed by atoms with E-state index >= 15 is 0 Å². The summed E-state index contributed by atoms with van der Waals surface area (Å²) in [6.45, 7) is 2.29. The number of hydrogen-bond acceptors (Lipinski definition) is 4. The third kappa shape index (κ3) is 3.67. The van der Waals surface area contributed by atoms with E-state index in [9.17, 15) is 13.2 Å². The maximum Gasteiger partial charge on any atom is 0.232 e. The van der Waals surface area contributed by atoms with Crippen molar-refractivity contribution in [3.05, 3.63) is 30.1 Å². The van der Waals surface area contributed by atoms with Crippen LogP contribution in [0.5, 0.6) is 0 Å². The van der Waals surface area contributed by atoms with Crippen molar-refractivity contribution in [1.29, 1.82) is 0 Å². The van der Waals surface area contributed by atoms with Crippen molar-refractivity contribution < 1.29 is 13.2 Å². The van der Waals surface area contributed by atoms with Gasteiger partial charge in [0.1, 0.15) is 0 Å². The molecule has 1 amide bonds. The Bertz CT molecular complexity index is 562. The van der Waals surface area contributed by atoms with E-state index in [0.717, 1.165) is 5.69 Å². The van der Waals surface area contributed by atoms with Gasteiger partial charge in [0, 0.05) is 35.8 Å². The molecule has 0 radical (unpaired) electrons. The lowest BCUT2D eigenvalue weighted by atomic mass is 10.1. The third-order valence-corrected chi connectivity index (χ3v) is 4.50. The second kappa shape index (κ2) is 5.46. The van der Waals surface area contributed by atoms with Crippen molar-refractivity contribution in [3.8, 4) is 0 Å². The number of hydrogen-bond donors (Lipinski definition) is 0. The summed E-state index contributed by atoms with van der Waals surface area (Å²) in [7, 11) is 1.67. The molecule has 1 aliphatic rings. The number of aromatic nitrogens is 1. The molecule has 7 heteroatoms. The van der Waals surface area contributed by atoms with Gasteiger partial charge in [0.25, 0.3) is 0 Å². The lowest BCUT2D eigenvalue weighted by molar-refractivity contribution is -0.129. The Labute approximate surface area is 117 Å². The minimum atomic E-state index is -3.57. The molecule has 0 bridgehead atoms. The summed E-state index contributed by atoms with van der Waals surface area (Å²) >= 11 is 0. The second-order valence-electron chi connectivity index (χ2n) is 4.75. The van der Waals surface area contributed by atoms with Crippen LogP contribution in [0.2, 0.25) is 0 Å². The monoisotopic (exact) mass is 302 g/mol. The minimum absolute atomic E-state index is 0.0523. The maximum atomic E-state index is 11.9. The number of carbonyl (C=O) groups excluding carboxylic acids is 1. The lowest BCUT2D eigenvalue weighted by Gasteiger charge is -2.24. The summed E-state index contributed by atoms with van der Waals surface area (Å²) in [6, 6.07) is 5.37. The third-order valence-electron chi connectivity index (χ3n) is 3.26. The van der Waals surface area contributed by atoms with Crippen molar-refractivity contribution in [1.82, 2.24) is 9.88 Å². The van der Waals surface area contributed by atoms with Crippen molar-refractivity contribution >= 4 is 25.6 Å². The first-order chi connectivity index (χ1) is 8.87. The fourth-order valence-corrected chi connectivity index (χ4v) is 3.68. The molecule has 0 N–H and O–H groups in total. The summed E-state index contributed by atoms with van der Waals surface area (Å²) < 4.78 is 22.1. The van der Waals surface area contributed by atoms with Crippen LogP contribution in [0.3, 0.4) is 0 Å². The summed E-state index contributed by atoms with van der Waals surface area (Å²) in [5.41, 5.74) is 0.797. The van der Waals surface area contributed by atoms with E-state index in [0.29, 0.717) is 6.54 Å². The normalized spacial score (nSPS) is 21.7. The molecule has 0 aliphatic carbocycles. The number of rotatable bonds is 4. The second-order valence-corrected chi connectivity index (χ2v) is 7.57. The quantitative estimate of drug-likeness (QED) is 0.792. The molecule has 19 heavy (non-hydrogen) atoms. The van der Waals surface area contributed by atoms with E-state index in [2.05, 4.69) is 4.98 Å². The van der Waals surface area contributed by atoms with Gasteiger partial charge in [0.15, 0.2) is 0 Å². The molecule has 1 saturated heterocycles. The standard InChI is InChI=1S/C12H15ClN2O3S/c1-9(11-4-2-3-5-14-11)15-7-10(6-12(15)16)8-19(13,17)18/h2-5,9-10H,6-8H2,1H3. The van der Waals surface area contributed by atoms with Crippen LogP contribution < -0.4 is 0 Å². The van der Waals surface area contributed by atoms with Crippen LogP contribution in [-0.2, 0) is 13.8 Å². The van der Waals surface area contributed by atoms with E-state index < -0.39 is 9.05 Å². The van der Waals surface area contributed by atoms with Gasteiger partial charge in [-0.3, -0.25) is 9.78 Å². The Balaban J connectivity index is 2.08. The zero-order valence-corrected chi connectivity index (χ0v) is 12.1. The highest BCUT2D eigenvalue weighted by atomic mass is 35.7. The van der Waals surface area contributed by atoms with Crippen LogP contribution in [0, 0.1) is 5.92 Å². The average Bonchev–Trinajstić information content (AvgIpc) is 2.68.